The van der Waals surface area contributed by atoms with Gasteiger partial charge in [0, 0.05) is 6.07 Å². The van der Waals surface area contributed by atoms with E-state index in [0.29, 0.717) is 22.8 Å². The Morgan fingerprint density at radius 2 is 1.93 bits per heavy atom. The number of nitrogens with one attached hydrogen (secondary N) is 1. The van der Waals surface area contributed by atoms with Crippen molar-refractivity contribution >= 4 is 38.9 Å². The molecular formula is C19H21N3O5S. The Morgan fingerprint density at radius 3 is 2.61 bits per heavy atom. The van der Waals surface area contributed by atoms with Crippen LogP contribution in [-0.4, -0.2) is 46.2 Å². The average Bonchev–Trinajstić information content (AvgIpc) is 2.65. The highest BCUT2D eigenvalue weighted by molar-refractivity contribution is 7.92. The van der Waals surface area contributed by atoms with E-state index in [1.54, 1.807) is 48.5 Å². The minimum absolute atomic E-state index is 0.185. The monoisotopic (exact) mass is 403 g/mol. The van der Waals surface area contributed by atoms with Crippen LogP contribution in [0.4, 0.5) is 17.1 Å². The van der Waals surface area contributed by atoms with E-state index in [2.05, 4.69) is 5.32 Å². The highest BCUT2D eigenvalue weighted by Gasteiger charge is 2.35. The predicted molar refractivity (Wildman–Crippen MR) is 107 cm³/mol. The lowest BCUT2D eigenvalue weighted by Gasteiger charge is -2.35. The number of anilines is 3. The Kier molecular flexibility index (Phi) is 5.28. The standard InChI is InChI=1S/C19H21N3O5S/c1-13(22(28(3,25)26)14-7-6-8-15(11-14)27-2)19(24)21-12-18(23)20-16-9-4-5-10-17(16)21/h4-11,13H,12H2,1-3H3,(H,20,23)/t13-/m0/s1. The Hall–Kier alpha value is -3.07. The van der Waals surface area contributed by atoms with Crippen LogP contribution in [-0.2, 0) is 19.6 Å². The molecule has 0 unspecified atom stereocenters. The van der Waals surface area contributed by atoms with Crippen molar-refractivity contribution in [2.75, 3.05) is 34.4 Å². The largest absolute Gasteiger partial charge is 0.497 e. The SMILES string of the molecule is COc1cccc(N([C@@H](C)C(=O)N2CC(=O)Nc3ccccc32)S(C)(=O)=O)c1. The van der Waals surface area contributed by atoms with Gasteiger partial charge in [0.15, 0.2) is 0 Å². The molecule has 1 heterocycles. The second kappa shape index (κ2) is 7.51. The van der Waals surface area contributed by atoms with Crippen LogP contribution in [0.25, 0.3) is 0 Å². The molecule has 2 amide bonds. The molecule has 0 fully saturated rings. The molecule has 148 valence electrons. The molecule has 1 aliphatic heterocycles. The Labute approximate surface area is 163 Å². The molecule has 0 saturated carbocycles. The van der Waals surface area contributed by atoms with Crippen molar-refractivity contribution in [3.63, 3.8) is 0 Å². The molecule has 0 saturated heterocycles. The third-order valence-electron chi connectivity index (χ3n) is 4.41. The number of rotatable bonds is 5. The fourth-order valence-electron chi connectivity index (χ4n) is 3.21. The lowest BCUT2D eigenvalue weighted by molar-refractivity contribution is -0.122. The molecule has 0 aromatic heterocycles. The minimum Gasteiger partial charge on any atom is -0.497 e. The molecule has 1 N–H and O–H groups in total. The zero-order valence-electron chi connectivity index (χ0n) is 15.7. The van der Waals surface area contributed by atoms with Crippen LogP contribution in [0.15, 0.2) is 48.5 Å². The Bertz CT molecular complexity index is 1020. The zero-order chi connectivity index (χ0) is 20.5. The number of carbonyl (C=O) groups excluding carboxylic acids is 2. The second-order valence-corrected chi connectivity index (χ2v) is 8.29. The maximum Gasteiger partial charge on any atom is 0.251 e. The first-order valence-corrected chi connectivity index (χ1v) is 10.4. The van der Waals surface area contributed by atoms with Crippen molar-refractivity contribution in [2.45, 2.75) is 13.0 Å². The summed E-state index contributed by atoms with van der Waals surface area (Å²) in [6.45, 7) is 1.31. The molecule has 0 spiro atoms. The molecule has 2 aromatic carbocycles. The van der Waals surface area contributed by atoms with Gasteiger partial charge >= 0.3 is 0 Å². The van der Waals surface area contributed by atoms with Crippen molar-refractivity contribution in [1.29, 1.82) is 0 Å². The molecule has 0 bridgehead atoms. The molecule has 0 radical (unpaired) electrons. The zero-order valence-corrected chi connectivity index (χ0v) is 16.6. The summed E-state index contributed by atoms with van der Waals surface area (Å²) in [5, 5.41) is 2.71. The first-order chi connectivity index (χ1) is 13.2. The number of amides is 2. The van der Waals surface area contributed by atoms with Gasteiger partial charge in [0.1, 0.15) is 18.3 Å². The predicted octanol–water partition coefficient (Wildman–Crippen LogP) is 1.83. The fourth-order valence-corrected chi connectivity index (χ4v) is 4.37. The number of carbonyl (C=O) groups is 2. The fraction of sp³-hybridized carbons (Fsp3) is 0.263. The Balaban J connectivity index is 2.01. The topological polar surface area (TPSA) is 96.0 Å². The number of fused-ring (bicyclic) bond motifs is 1. The van der Waals surface area contributed by atoms with Crippen molar-refractivity contribution in [3.8, 4) is 5.75 Å². The molecule has 2 aromatic rings. The number of ether oxygens (including phenoxy) is 1. The molecule has 3 rings (SSSR count). The summed E-state index contributed by atoms with van der Waals surface area (Å²) in [6.07, 6.45) is 1.03. The van der Waals surface area contributed by atoms with Gasteiger partial charge in [-0.1, -0.05) is 18.2 Å². The summed E-state index contributed by atoms with van der Waals surface area (Å²) < 4.78 is 31.2. The third kappa shape index (κ3) is 3.79. The maximum atomic E-state index is 13.2. The van der Waals surface area contributed by atoms with Crippen molar-refractivity contribution < 1.29 is 22.7 Å². The molecule has 8 nitrogen and oxygen atoms in total. The van der Waals surface area contributed by atoms with Crippen LogP contribution < -0.4 is 19.3 Å². The van der Waals surface area contributed by atoms with E-state index >= 15 is 0 Å². The van der Waals surface area contributed by atoms with Crippen molar-refractivity contribution in [3.05, 3.63) is 48.5 Å². The number of hydrogen-bond donors (Lipinski definition) is 1. The number of para-hydroxylation sites is 2. The van der Waals surface area contributed by atoms with Gasteiger partial charge in [-0.3, -0.25) is 18.8 Å². The number of nitrogens with zero attached hydrogens (tertiary/aromatic N) is 2. The number of methoxy groups -OCH3 is 1. The Morgan fingerprint density at radius 1 is 1.21 bits per heavy atom. The van der Waals surface area contributed by atoms with E-state index in [4.69, 9.17) is 4.74 Å². The summed E-state index contributed by atoms with van der Waals surface area (Å²) in [4.78, 5) is 26.6. The van der Waals surface area contributed by atoms with E-state index in [0.717, 1.165) is 10.6 Å². The normalized spacial score (nSPS) is 14.7. The average molecular weight is 403 g/mol. The summed E-state index contributed by atoms with van der Waals surface area (Å²) in [5.41, 5.74) is 1.34. The number of sulfonamides is 1. The molecule has 1 aliphatic rings. The van der Waals surface area contributed by atoms with Crippen molar-refractivity contribution in [1.82, 2.24) is 0 Å². The summed E-state index contributed by atoms with van der Waals surface area (Å²) in [7, 11) is -2.31. The van der Waals surface area contributed by atoms with Gasteiger partial charge in [0.25, 0.3) is 5.91 Å². The van der Waals surface area contributed by atoms with Gasteiger partial charge in [-0.15, -0.1) is 0 Å². The number of benzene rings is 2. The van der Waals surface area contributed by atoms with E-state index in [-0.39, 0.29) is 12.5 Å². The summed E-state index contributed by atoms with van der Waals surface area (Å²) in [6, 6.07) is 12.3. The highest BCUT2D eigenvalue weighted by Crippen LogP contribution is 2.31. The van der Waals surface area contributed by atoms with Gasteiger partial charge in [0.05, 0.1) is 30.4 Å². The van der Waals surface area contributed by atoms with E-state index in [9.17, 15) is 18.0 Å². The quantitative estimate of drug-likeness (QED) is 0.822. The maximum absolute atomic E-state index is 13.2. The first-order valence-electron chi connectivity index (χ1n) is 8.56. The molecular weight excluding hydrogens is 382 g/mol. The summed E-state index contributed by atoms with van der Waals surface area (Å²) in [5.74, 6) is -0.379. The van der Waals surface area contributed by atoms with Crippen molar-refractivity contribution in [2.24, 2.45) is 0 Å². The van der Waals surface area contributed by atoms with E-state index in [1.165, 1.54) is 18.9 Å². The first kappa shape index (κ1) is 19.7. The molecule has 0 aliphatic carbocycles. The smallest absolute Gasteiger partial charge is 0.251 e. The van der Waals surface area contributed by atoms with E-state index in [1.807, 2.05) is 0 Å². The molecule has 1 atom stereocenters. The number of hydrogen-bond acceptors (Lipinski definition) is 5. The molecule has 28 heavy (non-hydrogen) atoms. The summed E-state index contributed by atoms with van der Waals surface area (Å²) >= 11 is 0. The lowest BCUT2D eigenvalue weighted by atomic mass is 10.1. The molecule has 9 heteroatoms. The van der Waals surface area contributed by atoms with E-state index < -0.39 is 22.0 Å². The van der Waals surface area contributed by atoms with Crippen LogP contribution in [0.2, 0.25) is 0 Å². The van der Waals surface area contributed by atoms with Gasteiger partial charge < -0.3 is 10.1 Å². The minimum atomic E-state index is -3.79. The van der Waals surface area contributed by atoms with Crippen LogP contribution in [0.5, 0.6) is 5.75 Å². The third-order valence-corrected chi connectivity index (χ3v) is 5.65. The van der Waals surface area contributed by atoms with Gasteiger partial charge in [0.2, 0.25) is 15.9 Å². The van der Waals surface area contributed by atoms with Gasteiger partial charge in [-0.05, 0) is 31.2 Å². The lowest BCUT2D eigenvalue weighted by Crippen LogP contribution is -2.52. The van der Waals surface area contributed by atoms with Gasteiger partial charge in [-0.25, -0.2) is 8.42 Å². The second-order valence-electron chi connectivity index (χ2n) is 6.43. The highest BCUT2D eigenvalue weighted by atomic mass is 32.2. The van der Waals surface area contributed by atoms with Crippen LogP contribution in [0.3, 0.4) is 0 Å². The van der Waals surface area contributed by atoms with Crippen LogP contribution in [0, 0.1) is 0 Å². The van der Waals surface area contributed by atoms with Crippen LogP contribution >= 0.6 is 0 Å². The van der Waals surface area contributed by atoms with Crippen LogP contribution in [0.1, 0.15) is 6.92 Å². The van der Waals surface area contributed by atoms with Gasteiger partial charge in [-0.2, -0.15) is 0 Å².